The van der Waals surface area contributed by atoms with Crippen molar-refractivity contribution in [2.24, 2.45) is 5.92 Å². The molecule has 0 N–H and O–H groups in total. The number of amides is 1. The number of hydrogen-bond acceptors (Lipinski definition) is 3. The van der Waals surface area contributed by atoms with E-state index in [9.17, 15) is 4.79 Å². The average Bonchev–Trinajstić information content (AvgIpc) is 3.29. The minimum atomic E-state index is -0.200. The summed E-state index contributed by atoms with van der Waals surface area (Å²) >= 11 is 0. The maximum atomic E-state index is 12.8. The molecule has 1 amide bonds. The Kier molecular flexibility index (Phi) is 4.38. The van der Waals surface area contributed by atoms with Gasteiger partial charge in [0.1, 0.15) is 5.60 Å². The lowest BCUT2D eigenvalue weighted by molar-refractivity contribution is -0.135. The van der Waals surface area contributed by atoms with Crippen molar-refractivity contribution in [1.29, 1.82) is 0 Å². The van der Waals surface area contributed by atoms with Crippen LogP contribution >= 0.6 is 0 Å². The lowest BCUT2D eigenvalue weighted by atomic mass is 9.96. The lowest BCUT2D eigenvalue weighted by Gasteiger charge is -2.29. The molecule has 4 nitrogen and oxygen atoms in total. The lowest BCUT2D eigenvalue weighted by Crippen LogP contribution is -2.41. The fourth-order valence-electron chi connectivity index (χ4n) is 4.86. The fraction of sp³-hybridized carbons (Fsp3) is 0.667. The molecule has 0 aromatic heterocycles. The SMILES string of the molecule is CC1(C)Cc2cccc(OCC(=O)N3CCCC3C3CCCC3)c2O1. The Morgan fingerprint density at radius 3 is 2.84 bits per heavy atom. The summed E-state index contributed by atoms with van der Waals surface area (Å²) in [5.41, 5.74) is 0.967. The van der Waals surface area contributed by atoms with Crippen molar-refractivity contribution in [3.8, 4) is 11.5 Å². The first-order valence-corrected chi connectivity index (χ1v) is 9.77. The number of carbonyl (C=O) groups excluding carboxylic acids is 1. The van der Waals surface area contributed by atoms with Crippen molar-refractivity contribution in [2.45, 2.75) is 70.4 Å². The molecule has 0 radical (unpaired) electrons. The third-order valence-corrected chi connectivity index (χ3v) is 5.97. The topological polar surface area (TPSA) is 38.8 Å². The molecule has 1 aromatic carbocycles. The molecule has 1 aromatic rings. The minimum Gasteiger partial charge on any atom is -0.483 e. The van der Waals surface area contributed by atoms with E-state index in [1.807, 2.05) is 12.1 Å². The number of rotatable bonds is 4. The smallest absolute Gasteiger partial charge is 0.260 e. The molecule has 4 rings (SSSR count). The van der Waals surface area contributed by atoms with Crippen LogP contribution in [0.5, 0.6) is 11.5 Å². The Balaban J connectivity index is 1.40. The standard InChI is InChI=1S/C21H29NO3/c1-21(2)13-16-9-5-11-18(20(16)25-21)24-14-19(23)22-12-6-10-17(22)15-7-3-4-8-15/h5,9,11,15,17H,3-4,6-8,10,12-14H2,1-2H3. The Hall–Kier alpha value is -1.71. The number of carbonyl (C=O) groups is 1. The van der Waals surface area contributed by atoms with E-state index in [4.69, 9.17) is 9.47 Å². The van der Waals surface area contributed by atoms with Crippen molar-refractivity contribution in [3.63, 3.8) is 0 Å². The Morgan fingerprint density at radius 1 is 1.24 bits per heavy atom. The molecular weight excluding hydrogens is 314 g/mol. The van der Waals surface area contributed by atoms with Crippen LogP contribution in [0.1, 0.15) is 57.9 Å². The summed E-state index contributed by atoms with van der Waals surface area (Å²) in [5, 5.41) is 0. The van der Waals surface area contributed by atoms with Gasteiger partial charge in [0, 0.05) is 24.6 Å². The quantitative estimate of drug-likeness (QED) is 0.830. The van der Waals surface area contributed by atoms with E-state index in [0.717, 1.165) is 31.6 Å². The van der Waals surface area contributed by atoms with Crippen LogP contribution in [0.2, 0.25) is 0 Å². The Labute approximate surface area is 150 Å². The molecule has 3 aliphatic rings. The molecule has 0 spiro atoms. The predicted octanol–water partition coefficient (Wildman–Crippen LogP) is 3.96. The van der Waals surface area contributed by atoms with Gasteiger partial charge < -0.3 is 14.4 Å². The van der Waals surface area contributed by atoms with Gasteiger partial charge in [-0.1, -0.05) is 25.0 Å². The van der Waals surface area contributed by atoms with Crippen LogP contribution < -0.4 is 9.47 Å². The van der Waals surface area contributed by atoms with Crippen LogP contribution in [0.4, 0.5) is 0 Å². The summed E-state index contributed by atoms with van der Waals surface area (Å²) in [6.45, 7) is 5.17. The summed E-state index contributed by atoms with van der Waals surface area (Å²) in [7, 11) is 0. The van der Waals surface area contributed by atoms with Gasteiger partial charge in [0.05, 0.1) is 0 Å². The van der Waals surface area contributed by atoms with Crippen LogP contribution in [-0.2, 0) is 11.2 Å². The molecule has 2 aliphatic heterocycles. The molecule has 1 saturated heterocycles. The second-order valence-corrected chi connectivity index (χ2v) is 8.41. The van der Waals surface area contributed by atoms with E-state index >= 15 is 0 Å². The first-order chi connectivity index (χ1) is 12.0. The van der Waals surface area contributed by atoms with Crippen LogP contribution in [-0.4, -0.2) is 35.6 Å². The molecule has 4 heteroatoms. The number of fused-ring (bicyclic) bond motifs is 1. The number of ether oxygens (including phenoxy) is 2. The summed E-state index contributed by atoms with van der Waals surface area (Å²) in [6.07, 6.45) is 8.38. The second-order valence-electron chi connectivity index (χ2n) is 8.41. The molecule has 1 atom stereocenters. The number of nitrogens with zero attached hydrogens (tertiary/aromatic N) is 1. The predicted molar refractivity (Wildman–Crippen MR) is 97.0 cm³/mol. The second kappa shape index (κ2) is 6.54. The summed E-state index contributed by atoms with van der Waals surface area (Å²) in [5.74, 6) is 2.35. The highest BCUT2D eigenvalue weighted by atomic mass is 16.5. The molecular formula is C21H29NO3. The van der Waals surface area contributed by atoms with Crippen molar-refractivity contribution < 1.29 is 14.3 Å². The van der Waals surface area contributed by atoms with Gasteiger partial charge >= 0.3 is 0 Å². The highest BCUT2D eigenvalue weighted by Crippen LogP contribution is 2.42. The van der Waals surface area contributed by atoms with Crippen molar-refractivity contribution >= 4 is 5.91 Å². The molecule has 25 heavy (non-hydrogen) atoms. The van der Waals surface area contributed by atoms with Gasteiger partial charge in [-0.2, -0.15) is 0 Å². The molecule has 136 valence electrons. The monoisotopic (exact) mass is 343 g/mol. The highest BCUT2D eigenvalue weighted by molar-refractivity contribution is 5.78. The third-order valence-electron chi connectivity index (χ3n) is 5.97. The zero-order valence-electron chi connectivity index (χ0n) is 15.4. The van der Waals surface area contributed by atoms with Crippen molar-refractivity contribution in [1.82, 2.24) is 4.90 Å². The number of hydrogen-bond donors (Lipinski definition) is 0. The Bertz CT molecular complexity index is 649. The zero-order chi connectivity index (χ0) is 17.4. The molecule has 0 bridgehead atoms. The van der Waals surface area contributed by atoms with Crippen molar-refractivity contribution in [3.05, 3.63) is 23.8 Å². The van der Waals surface area contributed by atoms with E-state index in [-0.39, 0.29) is 18.1 Å². The molecule has 2 fully saturated rings. The normalized spacial score (nSPS) is 25.0. The first kappa shape index (κ1) is 16.7. The highest BCUT2D eigenvalue weighted by Gasteiger charge is 2.36. The van der Waals surface area contributed by atoms with Gasteiger partial charge in [-0.3, -0.25) is 4.79 Å². The van der Waals surface area contributed by atoms with Crippen LogP contribution in [0, 0.1) is 5.92 Å². The van der Waals surface area contributed by atoms with Crippen molar-refractivity contribution in [2.75, 3.05) is 13.2 Å². The fourth-order valence-corrected chi connectivity index (χ4v) is 4.86. The summed E-state index contributed by atoms with van der Waals surface area (Å²) in [6, 6.07) is 6.41. The molecule has 1 aliphatic carbocycles. The van der Waals surface area contributed by atoms with E-state index in [2.05, 4.69) is 24.8 Å². The van der Waals surface area contributed by atoms with Gasteiger partial charge in [0.2, 0.25) is 0 Å². The maximum absolute atomic E-state index is 12.8. The molecule has 1 unspecified atom stereocenters. The van der Waals surface area contributed by atoms with E-state index < -0.39 is 0 Å². The molecule has 1 saturated carbocycles. The zero-order valence-corrected chi connectivity index (χ0v) is 15.4. The van der Waals surface area contributed by atoms with Crippen LogP contribution in [0.25, 0.3) is 0 Å². The van der Waals surface area contributed by atoms with Gasteiger partial charge in [-0.15, -0.1) is 0 Å². The van der Waals surface area contributed by atoms with E-state index in [1.165, 1.54) is 31.2 Å². The average molecular weight is 343 g/mol. The number of benzene rings is 1. The van der Waals surface area contributed by atoms with Gasteiger partial charge in [0.25, 0.3) is 5.91 Å². The van der Waals surface area contributed by atoms with E-state index in [0.29, 0.717) is 17.7 Å². The van der Waals surface area contributed by atoms with Crippen LogP contribution in [0.3, 0.4) is 0 Å². The minimum absolute atomic E-state index is 0.115. The maximum Gasteiger partial charge on any atom is 0.260 e. The molecule has 2 heterocycles. The summed E-state index contributed by atoms with van der Waals surface area (Å²) < 4.78 is 11.9. The summed E-state index contributed by atoms with van der Waals surface area (Å²) in [4.78, 5) is 14.9. The first-order valence-electron chi connectivity index (χ1n) is 9.77. The largest absolute Gasteiger partial charge is 0.483 e. The van der Waals surface area contributed by atoms with Crippen LogP contribution in [0.15, 0.2) is 18.2 Å². The number of likely N-dealkylation sites (tertiary alicyclic amines) is 1. The van der Waals surface area contributed by atoms with Gasteiger partial charge in [-0.25, -0.2) is 0 Å². The van der Waals surface area contributed by atoms with Gasteiger partial charge in [-0.05, 0) is 51.5 Å². The number of para-hydroxylation sites is 1. The Morgan fingerprint density at radius 2 is 2.04 bits per heavy atom. The third kappa shape index (κ3) is 3.36. The van der Waals surface area contributed by atoms with E-state index in [1.54, 1.807) is 0 Å². The van der Waals surface area contributed by atoms with Gasteiger partial charge in [0.15, 0.2) is 18.1 Å².